The third-order valence-electron chi connectivity index (χ3n) is 1.79. The molecule has 3 unspecified atom stereocenters. The van der Waals surface area contributed by atoms with Crippen LogP contribution in [-0.4, -0.2) is 30.0 Å². The highest BCUT2D eigenvalue weighted by Gasteiger charge is 2.27. The molecule has 1 heterocycles. The van der Waals surface area contributed by atoms with Crippen LogP contribution in [0.1, 0.15) is 6.92 Å². The van der Waals surface area contributed by atoms with Crippen molar-refractivity contribution in [3.63, 3.8) is 0 Å². The van der Waals surface area contributed by atoms with Gasteiger partial charge in [-0.25, -0.2) is 0 Å². The Morgan fingerprint density at radius 2 is 2.50 bits per heavy atom. The normalized spacial score (nSPS) is 34.3. The fraction of sp³-hybridized carbons (Fsp3) is 0.556. The minimum Gasteiger partial charge on any atom is -0.496 e. The first-order valence-corrected chi connectivity index (χ1v) is 3.98. The number of rotatable bonds is 3. The zero-order chi connectivity index (χ0) is 8.97. The SMILES string of the molecule is C=CCOC1C=COC(C)C1O. The van der Waals surface area contributed by atoms with Crippen molar-refractivity contribution < 1.29 is 14.6 Å². The second kappa shape index (κ2) is 4.28. The molecule has 12 heavy (non-hydrogen) atoms. The van der Waals surface area contributed by atoms with Crippen molar-refractivity contribution in [2.75, 3.05) is 6.61 Å². The zero-order valence-corrected chi connectivity index (χ0v) is 7.14. The maximum atomic E-state index is 9.53. The van der Waals surface area contributed by atoms with Crippen molar-refractivity contribution >= 4 is 0 Å². The predicted molar refractivity (Wildman–Crippen MR) is 45.6 cm³/mol. The Morgan fingerprint density at radius 1 is 1.75 bits per heavy atom. The highest BCUT2D eigenvalue weighted by atomic mass is 16.5. The fourth-order valence-electron chi connectivity index (χ4n) is 1.04. The summed E-state index contributed by atoms with van der Waals surface area (Å²) in [5.41, 5.74) is 0. The fourth-order valence-corrected chi connectivity index (χ4v) is 1.04. The van der Waals surface area contributed by atoms with Crippen LogP contribution >= 0.6 is 0 Å². The van der Waals surface area contributed by atoms with E-state index in [1.807, 2.05) is 0 Å². The summed E-state index contributed by atoms with van der Waals surface area (Å²) < 4.78 is 10.3. The number of aliphatic hydroxyl groups is 1. The summed E-state index contributed by atoms with van der Waals surface area (Å²) in [7, 11) is 0. The van der Waals surface area contributed by atoms with E-state index in [1.54, 1.807) is 25.3 Å². The molecule has 0 saturated heterocycles. The lowest BCUT2D eigenvalue weighted by Gasteiger charge is -2.28. The Balaban J connectivity index is 2.45. The molecule has 1 N–H and O–H groups in total. The van der Waals surface area contributed by atoms with Crippen LogP contribution < -0.4 is 0 Å². The van der Waals surface area contributed by atoms with Gasteiger partial charge in [0.25, 0.3) is 0 Å². The monoisotopic (exact) mass is 170 g/mol. The molecule has 0 aliphatic carbocycles. The number of hydrogen-bond donors (Lipinski definition) is 1. The highest BCUT2D eigenvalue weighted by molar-refractivity contribution is 4.97. The molecule has 0 aromatic carbocycles. The molecule has 0 bridgehead atoms. The summed E-state index contributed by atoms with van der Waals surface area (Å²) >= 11 is 0. The first-order chi connectivity index (χ1) is 5.75. The van der Waals surface area contributed by atoms with Crippen LogP contribution in [-0.2, 0) is 9.47 Å². The van der Waals surface area contributed by atoms with Crippen molar-refractivity contribution in [2.45, 2.75) is 25.2 Å². The lowest BCUT2D eigenvalue weighted by atomic mass is 10.1. The van der Waals surface area contributed by atoms with E-state index in [0.29, 0.717) is 6.61 Å². The number of aliphatic hydroxyl groups excluding tert-OH is 1. The first kappa shape index (κ1) is 9.29. The van der Waals surface area contributed by atoms with Gasteiger partial charge in [0.15, 0.2) is 0 Å². The lowest BCUT2D eigenvalue weighted by Crippen LogP contribution is -2.39. The van der Waals surface area contributed by atoms with Crippen LogP contribution in [0, 0.1) is 0 Å². The van der Waals surface area contributed by atoms with Gasteiger partial charge in [0.05, 0.1) is 12.9 Å². The van der Waals surface area contributed by atoms with E-state index < -0.39 is 6.10 Å². The van der Waals surface area contributed by atoms with Gasteiger partial charge in [-0.05, 0) is 13.0 Å². The summed E-state index contributed by atoms with van der Waals surface area (Å²) in [6, 6.07) is 0. The lowest BCUT2D eigenvalue weighted by molar-refractivity contribution is -0.0762. The smallest absolute Gasteiger partial charge is 0.124 e. The average molecular weight is 170 g/mol. The van der Waals surface area contributed by atoms with E-state index in [9.17, 15) is 5.11 Å². The third-order valence-corrected chi connectivity index (χ3v) is 1.79. The van der Waals surface area contributed by atoms with Gasteiger partial charge in [-0.1, -0.05) is 6.08 Å². The van der Waals surface area contributed by atoms with Gasteiger partial charge in [0.1, 0.15) is 18.3 Å². The van der Waals surface area contributed by atoms with Gasteiger partial charge in [0, 0.05) is 0 Å². The molecule has 0 fully saturated rings. The molecule has 3 heteroatoms. The Hall–Kier alpha value is -0.800. The topological polar surface area (TPSA) is 38.7 Å². The Kier molecular flexibility index (Phi) is 3.31. The summed E-state index contributed by atoms with van der Waals surface area (Å²) in [6.45, 7) is 5.77. The molecule has 0 saturated carbocycles. The van der Waals surface area contributed by atoms with Crippen LogP contribution in [0.15, 0.2) is 25.0 Å². The summed E-state index contributed by atoms with van der Waals surface area (Å²) in [5.74, 6) is 0. The summed E-state index contributed by atoms with van der Waals surface area (Å²) in [5, 5.41) is 9.53. The second-order valence-electron chi connectivity index (χ2n) is 2.75. The van der Waals surface area contributed by atoms with Crippen molar-refractivity contribution in [2.24, 2.45) is 0 Å². The molecule has 3 nitrogen and oxygen atoms in total. The number of hydrogen-bond acceptors (Lipinski definition) is 3. The molecule has 0 radical (unpaired) electrons. The van der Waals surface area contributed by atoms with Gasteiger partial charge in [-0.2, -0.15) is 0 Å². The van der Waals surface area contributed by atoms with Crippen LogP contribution in [0.2, 0.25) is 0 Å². The van der Waals surface area contributed by atoms with Crippen LogP contribution in [0.3, 0.4) is 0 Å². The van der Waals surface area contributed by atoms with Gasteiger partial charge >= 0.3 is 0 Å². The molecule has 0 aromatic rings. The van der Waals surface area contributed by atoms with E-state index in [4.69, 9.17) is 9.47 Å². The molecule has 0 amide bonds. The standard InChI is InChI=1S/C9H14O3/c1-3-5-12-8-4-6-11-7(2)9(8)10/h3-4,6-10H,1,5H2,2H3. The second-order valence-corrected chi connectivity index (χ2v) is 2.75. The quantitative estimate of drug-likeness (QED) is 0.638. The van der Waals surface area contributed by atoms with Crippen LogP contribution in [0.5, 0.6) is 0 Å². The summed E-state index contributed by atoms with van der Waals surface area (Å²) in [6.07, 6.45) is 3.85. The van der Waals surface area contributed by atoms with E-state index in [1.165, 1.54) is 0 Å². The molecule has 1 rings (SSSR count). The summed E-state index contributed by atoms with van der Waals surface area (Å²) in [4.78, 5) is 0. The van der Waals surface area contributed by atoms with Crippen molar-refractivity contribution in [1.82, 2.24) is 0 Å². The van der Waals surface area contributed by atoms with Gasteiger partial charge in [-0.3, -0.25) is 0 Å². The van der Waals surface area contributed by atoms with E-state index >= 15 is 0 Å². The molecule has 3 atom stereocenters. The van der Waals surface area contributed by atoms with E-state index in [0.717, 1.165) is 0 Å². The molecular weight excluding hydrogens is 156 g/mol. The molecule has 0 spiro atoms. The maximum Gasteiger partial charge on any atom is 0.124 e. The molecule has 1 aliphatic heterocycles. The molecular formula is C9H14O3. The van der Waals surface area contributed by atoms with Crippen molar-refractivity contribution in [3.8, 4) is 0 Å². The third kappa shape index (κ3) is 2.09. The molecule has 1 aliphatic rings. The van der Waals surface area contributed by atoms with Crippen LogP contribution in [0.25, 0.3) is 0 Å². The highest BCUT2D eigenvalue weighted by Crippen LogP contribution is 2.14. The van der Waals surface area contributed by atoms with Crippen LogP contribution in [0.4, 0.5) is 0 Å². The van der Waals surface area contributed by atoms with E-state index in [2.05, 4.69) is 6.58 Å². The minimum absolute atomic E-state index is 0.204. The van der Waals surface area contributed by atoms with E-state index in [-0.39, 0.29) is 12.2 Å². The van der Waals surface area contributed by atoms with Gasteiger partial charge in [-0.15, -0.1) is 6.58 Å². The largest absolute Gasteiger partial charge is 0.496 e. The maximum absolute atomic E-state index is 9.53. The average Bonchev–Trinajstić information content (AvgIpc) is 2.08. The predicted octanol–water partition coefficient (Wildman–Crippen LogP) is 0.851. The molecule has 68 valence electrons. The Labute approximate surface area is 72.3 Å². The Bertz CT molecular complexity index is 177. The van der Waals surface area contributed by atoms with Gasteiger partial charge < -0.3 is 14.6 Å². The van der Waals surface area contributed by atoms with Gasteiger partial charge in [0.2, 0.25) is 0 Å². The van der Waals surface area contributed by atoms with Crippen molar-refractivity contribution in [3.05, 3.63) is 25.0 Å². The Morgan fingerprint density at radius 3 is 3.17 bits per heavy atom. The zero-order valence-electron chi connectivity index (χ0n) is 7.14. The minimum atomic E-state index is -0.588. The van der Waals surface area contributed by atoms with Crippen molar-refractivity contribution in [1.29, 1.82) is 0 Å². The molecule has 0 aromatic heterocycles. The number of ether oxygens (including phenoxy) is 2. The first-order valence-electron chi connectivity index (χ1n) is 3.98.